The van der Waals surface area contributed by atoms with Crippen molar-refractivity contribution in [3.8, 4) is 0 Å². The van der Waals surface area contributed by atoms with Crippen LogP contribution in [0.25, 0.3) is 0 Å². The Bertz CT molecular complexity index is 543. The Morgan fingerprint density at radius 1 is 1.40 bits per heavy atom. The van der Waals surface area contributed by atoms with Gasteiger partial charge in [-0.25, -0.2) is 8.42 Å². The highest BCUT2D eigenvalue weighted by molar-refractivity contribution is 7.89. The van der Waals surface area contributed by atoms with Crippen LogP contribution in [0.1, 0.15) is 12.8 Å². The smallest absolute Gasteiger partial charge is 0.245 e. The van der Waals surface area contributed by atoms with E-state index in [4.69, 9.17) is 4.74 Å². The van der Waals surface area contributed by atoms with E-state index in [1.165, 1.54) is 0 Å². The van der Waals surface area contributed by atoms with Crippen LogP contribution in [0.15, 0.2) is 29.2 Å². The number of hydrogen-bond donors (Lipinski definition) is 1. The summed E-state index contributed by atoms with van der Waals surface area (Å²) in [6, 6.07) is 7.02. The Balaban J connectivity index is 2.25. The molecule has 0 aliphatic carbocycles. The van der Waals surface area contributed by atoms with Crippen LogP contribution in [0.2, 0.25) is 0 Å². The Labute approximate surface area is 121 Å². The van der Waals surface area contributed by atoms with Crippen LogP contribution >= 0.6 is 0 Å². The topological polar surface area (TPSA) is 58.6 Å². The summed E-state index contributed by atoms with van der Waals surface area (Å²) in [5, 5.41) is 2.95. The first-order valence-electron chi connectivity index (χ1n) is 6.85. The zero-order valence-electron chi connectivity index (χ0n) is 12.0. The molecule has 1 unspecified atom stereocenters. The minimum atomic E-state index is -3.44. The summed E-state index contributed by atoms with van der Waals surface area (Å²) in [5.74, 6) is 0.283. The summed E-state index contributed by atoms with van der Waals surface area (Å²) in [5.41, 5.74) is 0.640. The number of rotatable bonds is 5. The molecule has 0 bridgehead atoms. The Morgan fingerprint density at radius 3 is 2.85 bits per heavy atom. The molecule has 1 aromatic rings. The molecule has 0 radical (unpaired) electrons. The van der Waals surface area contributed by atoms with Gasteiger partial charge in [-0.05, 0) is 30.9 Å². The molecule has 20 heavy (non-hydrogen) atoms. The van der Waals surface area contributed by atoms with Crippen molar-refractivity contribution in [2.45, 2.75) is 17.7 Å². The van der Waals surface area contributed by atoms with E-state index in [2.05, 4.69) is 5.32 Å². The quantitative estimate of drug-likeness (QED) is 0.900. The molecule has 1 fully saturated rings. The fourth-order valence-corrected chi connectivity index (χ4v) is 4.41. The lowest BCUT2D eigenvalue weighted by Gasteiger charge is -2.32. The zero-order chi connectivity index (χ0) is 14.6. The van der Waals surface area contributed by atoms with Gasteiger partial charge < -0.3 is 10.1 Å². The van der Waals surface area contributed by atoms with Crippen molar-refractivity contribution >= 4 is 15.7 Å². The Morgan fingerprint density at radius 2 is 2.15 bits per heavy atom. The van der Waals surface area contributed by atoms with E-state index in [-0.39, 0.29) is 5.92 Å². The Hall–Kier alpha value is -1.11. The molecule has 0 amide bonds. The lowest BCUT2D eigenvalue weighted by molar-refractivity contribution is 0.118. The SMILES string of the molecule is CNc1ccccc1S(=O)(=O)N1CCCC(COC)C1. The predicted molar refractivity (Wildman–Crippen MR) is 79.3 cm³/mol. The highest BCUT2D eigenvalue weighted by atomic mass is 32.2. The number of nitrogens with zero attached hydrogens (tertiary/aromatic N) is 1. The number of piperidine rings is 1. The number of para-hydroxylation sites is 1. The monoisotopic (exact) mass is 298 g/mol. The summed E-state index contributed by atoms with van der Waals surface area (Å²) in [7, 11) is -0.0498. The van der Waals surface area contributed by atoms with E-state index in [1.54, 1.807) is 36.7 Å². The zero-order valence-corrected chi connectivity index (χ0v) is 12.8. The molecule has 0 spiro atoms. The molecule has 6 heteroatoms. The van der Waals surface area contributed by atoms with Crippen molar-refractivity contribution in [3.05, 3.63) is 24.3 Å². The summed E-state index contributed by atoms with van der Waals surface area (Å²) >= 11 is 0. The van der Waals surface area contributed by atoms with Crippen molar-refractivity contribution in [1.82, 2.24) is 4.31 Å². The molecule has 5 nitrogen and oxygen atoms in total. The largest absolute Gasteiger partial charge is 0.387 e. The number of methoxy groups -OCH3 is 1. The fourth-order valence-electron chi connectivity index (χ4n) is 2.65. The molecule has 1 N–H and O–H groups in total. The average Bonchev–Trinajstić information content (AvgIpc) is 2.48. The van der Waals surface area contributed by atoms with E-state index in [0.717, 1.165) is 12.8 Å². The van der Waals surface area contributed by atoms with E-state index in [0.29, 0.717) is 30.3 Å². The highest BCUT2D eigenvalue weighted by Crippen LogP contribution is 2.28. The molecule has 1 saturated heterocycles. The number of nitrogens with one attached hydrogen (secondary N) is 1. The second kappa shape index (κ2) is 6.56. The minimum absolute atomic E-state index is 0.283. The van der Waals surface area contributed by atoms with Gasteiger partial charge in [0.05, 0.1) is 12.3 Å². The molecule has 1 aliphatic heterocycles. The Kier molecular flexibility index (Phi) is 5.01. The molecule has 112 valence electrons. The average molecular weight is 298 g/mol. The lowest BCUT2D eigenvalue weighted by Crippen LogP contribution is -2.41. The van der Waals surface area contributed by atoms with Crippen LogP contribution in [0.3, 0.4) is 0 Å². The van der Waals surface area contributed by atoms with Gasteiger partial charge in [-0.15, -0.1) is 0 Å². The standard InChI is InChI=1S/C14H22N2O3S/c1-15-13-7-3-4-8-14(13)20(17,18)16-9-5-6-12(10-16)11-19-2/h3-4,7-8,12,15H,5-6,9-11H2,1-2H3. The first kappa shape index (κ1) is 15.3. The summed E-state index contributed by atoms with van der Waals surface area (Å²) in [4.78, 5) is 0.348. The van der Waals surface area contributed by atoms with Crippen LogP contribution in [0, 0.1) is 5.92 Å². The molecule has 2 rings (SSSR count). The highest BCUT2D eigenvalue weighted by Gasteiger charge is 2.31. The molecule has 0 aromatic heterocycles. The molecular weight excluding hydrogens is 276 g/mol. The first-order chi connectivity index (χ1) is 9.59. The maximum atomic E-state index is 12.8. The van der Waals surface area contributed by atoms with Gasteiger partial charge in [0.25, 0.3) is 0 Å². The number of hydrogen-bond acceptors (Lipinski definition) is 4. The molecular formula is C14H22N2O3S. The molecule has 1 aliphatic rings. The third-order valence-corrected chi connectivity index (χ3v) is 5.58. The second-order valence-electron chi connectivity index (χ2n) is 5.07. The van der Waals surface area contributed by atoms with Gasteiger partial charge in [-0.1, -0.05) is 12.1 Å². The van der Waals surface area contributed by atoms with Gasteiger partial charge in [0.1, 0.15) is 4.90 Å². The van der Waals surface area contributed by atoms with Crippen LogP contribution < -0.4 is 5.32 Å². The van der Waals surface area contributed by atoms with Gasteiger partial charge in [0.2, 0.25) is 10.0 Å². The molecule has 0 saturated carbocycles. The maximum Gasteiger partial charge on any atom is 0.245 e. The van der Waals surface area contributed by atoms with Crippen molar-refractivity contribution in [1.29, 1.82) is 0 Å². The molecule has 1 aromatic carbocycles. The third kappa shape index (κ3) is 3.13. The molecule has 1 heterocycles. The van der Waals surface area contributed by atoms with E-state index in [1.807, 2.05) is 6.07 Å². The van der Waals surface area contributed by atoms with Gasteiger partial charge in [0, 0.05) is 27.2 Å². The van der Waals surface area contributed by atoms with Crippen LogP contribution in [0.5, 0.6) is 0 Å². The van der Waals surface area contributed by atoms with Gasteiger partial charge in [-0.3, -0.25) is 0 Å². The van der Waals surface area contributed by atoms with Crippen LogP contribution in [-0.2, 0) is 14.8 Å². The number of sulfonamides is 1. The van der Waals surface area contributed by atoms with Crippen molar-refractivity contribution < 1.29 is 13.2 Å². The van der Waals surface area contributed by atoms with E-state index < -0.39 is 10.0 Å². The summed E-state index contributed by atoms with van der Waals surface area (Å²) < 4.78 is 32.3. The van der Waals surface area contributed by atoms with Gasteiger partial charge in [-0.2, -0.15) is 4.31 Å². The summed E-state index contributed by atoms with van der Waals surface area (Å²) in [6.07, 6.45) is 1.91. The predicted octanol–water partition coefficient (Wildman–Crippen LogP) is 1.78. The second-order valence-corrected chi connectivity index (χ2v) is 6.98. The van der Waals surface area contributed by atoms with Crippen LogP contribution in [-0.4, -0.2) is 46.6 Å². The minimum Gasteiger partial charge on any atom is -0.387 e. The summed E-state index contributed by atoms with van der Waals surface area (Å²) in [6.45, 7) is 1.73. The van der Waals surface area contributed by atoms with Gasteiger partial charge in [0.15, 0.2) is 0 Å². The molecule has 1 atom stereocenters. The number of anilines is 1. The van der Waals surface area contributed by atoms with E-state index in [9.17, 15) is 8.42 Å². The van der Waals surface area contributed by atoms with Crippen LogP contribution in [0.4, 0.5) is 5.69 Å². The van der Waals surface area contributed by atoms with E-state index >= 15 is 0 Å². The number of benzene rings is 1. The fraction of sp³-hybridized carbons (Fsp3) is 0.571. The van der Waals surface area contributed by atoms with Crippen molar-refractivity contribution in [2.75, 3.05) is 39.2 Å². The normalized spacial score (nSPS) is 20.8. The van der Waals surface area contributed by atoms with Crippen molar-refractivity contribution in [3.63, 3.8) is 0 Å². The third-order valence-electron chi connectivity index (χ3n) is 3.66. The maximum absolute atomic E-state index is 12.8. The van der Waals surface area contributed by atoms with Crippen molar-refractivity contribution in [2.24, 2.45) is 5.92 Å². The first-order valence-corrected chi connectivity index (χ1v) is 8.29. The number of ether oxygens (including phenoxy) is 1. The van der Waals surface area contributed by atoms with Gasteiger partial charge >= 0.3 is 0 Å². The lowest BCUT2D eigenvalue weighted by atomic mass is 10.0.